The van der Waals surface area contributed by atoms with Crippen molar-refractivity contribution in [1.82, 2.24) is 19.9 Å². The Hall–Kier alpha value is -1.40. The molecule has 0 aromatic carbocycles. The molecule has 4 rings (SSSR count). The zero-order chi connectivity index (χ0) is 13.9. The standard InChI is InChI=1S/C13H15ClN4O2/c1-6-10(11(14)18(2)16-6)12-15-13(20-17-12)8-5-7-3-4-9(8)19-7/h7-9H,3-5H2,1-2H3. The van der Waals surface area contributed by atoms with Crippen molar-refractivity contribution in [3.05, 3.63) is 16.7 Å². The Morgan fingerprint density at radius 3 is 2.80 bits per heavy atom. The molecule has 20 heavy (non-hydrogen) atoms. The smallest absolute Gasteiger partial charge is 0.232 e. The van der Waals surface area contributed by atoms with E-state index in [1.165, 1.54) is 0 Å². The van der Waals surface area contributed by atoms with Crippen LogP contribution in [0.15, 0.2) is 4.52 Å². The molecule has 0 spiro atoms. The lowest BCUT2D eigenvalue weighted by Crippen LogP contribution is -2.14. The fourth-order valence-electron chi connectivity index (χ4n) is 3.27. The zero-order valence-electron chi connectivity index (χ0n) is 11.3. The van der Waals surface area contributed by atoms with Gasteiger partial charge >= 0.3 is 0 Å². The highest BCUT2D eigenvalue weighted by Gasteiger charge is 2.44. The largest absolute Gasteiger partial charge is 0.374 e. The highest BCUT2D eigenvalue weighted by atomic mass is 35.5. The Morgan fingerprint density at radius 2 is 2.20 bits per heavy atom. The summed E-state index contributed by atoms with van der Waals surface area (Å²) in [6.07, 6.45) is 3.81. The number of nitrogens with zero attached hydrogens (tertiary/aromatic N) is 4. The molecule has 6 nitrogen and oxygen atoms in total. The van der Waals surface area contributed by atoms with Gasteiger partial charge in [-0.1, -0.05) is 16.8 Å². The van der Waals surface area contributed by atoms with E-state index in [1.54, 1.807) is 11.7 Å². The Morgan fingerprint density at radius 1 is 1.35 bits per heavy atom. The Balaban J connectivity index is 1.68. The monoisotopic (exact) mass is 294 g/mol. The van der Waals surface area contributed by atoms with Gasteiger partial charge in [-0.3, -0.25) is 4.68 Å². The van der Waals surface area contributed by atoms with Crippen LogP contribution in [0, 0.1) is 6.92 Å². The molecule has 3 atom stereocenters. The number of halogens is 1. The van der Waals surface area contributed by atoms with E-state index in [-0.39, 0.29) is 12.0 Å². The number of fused-ring (bicyclic) bond motifs is 2. The van der Waals surface area contributed by atoms with Crippen LogP contribution >= 0.6 is 11.6 Å². The van der Waals surface area contributed by atoms with Gasteiger partial charge in [-0.25, -0.2) is 0 Å². The first-order chi connectivity index (χ1) is 9.63. The summed E-state index contributed by atoms with van der Waals surface area (Å²) in [5, 5.41) is 8.87. The molecule has 3 unspecified atom stereocenters. The number of ether oxygens (including phenoxy) is 1. The van der Waals surface area contributed by atoms with Gasteiger partial charge < -0.3 is 9.26 Å². The second-order valence-electron chi connectivity index (χ2n) is 5.55. The molecule has 2 aliphatic heterocycles. The van der Waals surface area contributed by atoms with E-state index in [2.05, 4.69) is 15.2 Å². The second-order valence-corrected chi connectivity index (χ2v) is 5.91. The predicted octanol–water partition coefficient (Wildman–Crippen LogP) is 2.47. The van der Waals surface area contributed by atoms with E-state index in [1.807, 2.05) is 6.92 Å². The molecule has 106 valence electrons. The van der Waals surface area contributed by atoms with Gasteiger partial charge in [0.1, 0.15) is 5.15 Å². The first-order valence-electron chi connectivity index (χ1n) is 6.82. The van der Waals surface area contributed by atoms with Gasteiger partial charge in [-0.2, -0.15) is 10.1 Å². The topological polar surface area (TPSA) is 66.0 Å². The summed E-state index contributed by atoms with van der Waals surface area (Å²) < 4.78 is 12.9. The Bertz CT molecular complexity index is 665. The summed E-state index contributed by atoms with van der Waals surface area (Å²) in [5.74, 6) is 1.40. The minimum absolute atomic E-state index is 0.228. The Kier molecular flexibility index (Phi) is 2.65. The summed E-state index contributed by atoms with van der Waals surface area (Å²) in [5.41, 5.74) is 1.54. The molecule has 7 heteroatoms. The van der Waals surface area contributed by atoms with E-state index < -0.39 is 0 Å². The molecular weight excluding hydrogens is 280 g/mol. The number of aromatic nitrogens is 4. The lowest BCUT2D eigenvalue weighted by molar-refractivity contribution is 0.0974. The third kappa shape index (κ3) is 1.71. The summed E-state index contributed by atoms with van der Waals surface area (Å²) in [6.45, 7) is 1.89. The Labute approximate surface area is 121 Å². The fraction of sp³-hybridized carbons (Fsp3) is 0.615. The summed E-state index contributed by atoms with van der Waals surface area (Å²) in [7, 11) is 1.80. The maximum atomic E-state index is 6.23. The average Bonchev–Trinajstić information content (AvgIpc) is 3.16. The van der Waals surface area contributed by atoms with E-state index in [0.717, 1.165) is 30.5 Å². The van der Waals surface area contributed by atoms with E-state index in [4.69, 9.17) is 20.9 Å². The molecule has 0 radical (unpaired) electrons. The first-order valence-corrected chi connectivity index (χ1v) is 7.20. The van der Waals surface area contributed by atoms with Crippen LogP contribution in [0.4, 0.5) is 0 Å². The van der Waals surface area contributed by atoms with Gasteiger partial charge in [0, 0.05) is 7.05 Å². The van der Waals surface area contributed by atoms with Gasteiger partial charge in [0.15, 0.2) is 0 Å². The minimum Gasteiger partial charge on any atom is -0.374 e. The van der Waals surface area contributed by atoms with Gasteiger partial charge in [0.25, 0.3) is 0 Å². The maximum absolute atomic E-state index is 6.23. The first kappa shape index (κ1) is 12.3. The van der Waals surface area contributed by atoms with Crippen molar-refractivity contribution in [1.29, 1.82) is 0 Å². The third-order valence-electron chi connectivity index (χ3n) is 4.24. The molecule has 4 heterocycles. The summed E-state index contributed by atoms with van der Waals surface area (Å²) in [4.78, 5) is 4.52. The van der Waals surface area contributed by atoms with E-state index in [9.17, 15) is 0 Å². The van der Waals surface area contributed by atoms with Crippen LogP contribution in [0.5, 0.6) is 0 Å². The molecule has 2 fully saturated rings. The van der Waals surface area contributed by atoms with E-state index in [0.29, 0.717) is 23.0 Å². The normalized spacial score (nSPS) is 28.4. The molecule has 2 aromatic heterocycles. The lowest BCUT2D eigenvalue weighted by Gasteiger charge is -2.13. The molecule has 2 bridgehead atoms. The third-order valence-corrected chi connectivity index (χ3v) is 4.67. The van der Waals surface area contributed by atoms with Crippen LogP contribution in [0.3, 0.4) is 0 Å². The molecule has 2 aliphatic rings. The van der Waals surface area contributed by atoms with Crippen molar-refractivity contribution in [3.63, 3.8) is 0 Å². The van der Waals surface area contributed by atoms with Crippen LogP contribution < -0.4 is 0 Å². The SMILES string of the molecule is Cc1nn(C)c(Cl)c1-c1noc(C2CC3CCC2O3)n1. The molecule has 0 amide bonds. The van der Waals surface area contributed by atoms with Gasteiger partial charge in [-0.15, -0.1) is 0 Å². The second kappa shape index (κ2) is 4.30. The molecular formula is C13H15ClN4O2. The highest BCUT2D eigenvalue weighted by Crippen LogP contribution is 2.44. The van der Waals surface area contributed by atoms with Crippen LogP contribution in [-0.4, -0.2) is 32.1 Å². The molecule has 2 aromatic rings. The number of aryl methyl sites for hydroxylation is 2. The molecule has 0 N–H and O–H groups in total. The van der Waals surface area contributed by atoms with Crippen molar-refractivity contribution in [2.75, 3.05) is 0 Å². The van der Waals surface area contributed by atoms with Gasteiger partial charge in [-0.05, 0) is 26.2 Å². The number of rotatable bonds is 2. The molecule has 0 saturated carbocycles. The van der Waals surface area contributed by atoms with Gasteiger partial charge in [0.2, 0.25) is 11.7 Å². The number of hydrogen-bond acceptors (Lipinski definition) is 5. The molecule has 2 saturated heterocycles. The van der Waals surface area contributed by atoms with Crippen LogP contribution in [0.1, 0.15) is 36.8 Å². The van der Waals surface area contributed by atoms with Crippen molar-refractivity contribution < 1.29 is 9.26 Å². The zero-order valence-corrected chi connectivity index (χ0v) is 12.1. The van der Waals surface area contributed by atoms with Gasteiger partial charge in [0.05, 0.1) is 29.4 Å². The summed E-state index contributed by atoms with van der Waals surface area (Å²) in [6, 6.07) is 0. The predicted molar refractivity (Wildman–Crippen MR) is 71.5 cm³/mol. The lowest BCUT2D eigenvalue weighted by atomic mass is 9.89. The minimum atomic E-state index is 0.228. The van der Waals surface area contributed by atoms with Crippen molar-refractivity contribution in [2.45, 2.75) is 44.3 Å². The fourth-order valence-corrected chi connectivity index (χ4v) is 3.53. The van der Waals surface area contributed by atoms with E-state index >= 15 is 0 Å². The quantitative estimate of drug-likeness (QED) is 0.851. The molecule has 0 aliphatic carbocycles. The van der Waals surface area contributed by atoms with Crippen LogP contribution in [0.25, 0.3) is 11.4 Å². The van der Waals surface area contributed by atoms with Crippen LogP contribution in [0.2, 0.25) is 5.15 Å². The summed E-state index contributed by atoms with van der Waals surface area (Å²) >= 11 is 6.23. The maximum Gasteiger partial charge on any atom is 0.232 e. The van der Waals surface area contributed by atoms with Crippen molar-refractivity contribution in [2.24, 2.45) is 7.05 Å². The highest BCUT2D eigenvalue weighted by molar-refractivity contribution is 6.32. The van der Waals surface area contributed by atoms with Crippen molar-refractivity contribution in [3.8, 4) is 11.4 Å². The van der Waals surface area contributed by atoms with Crippen molar-refractivity contribution >= 4 is 11.6 Å². The number of hydrogen-bond donors (Lipinski definition) is 0. The average molecular weight is 295 g/mol. The van der Waals surface area contributed by atoms with Crippen LogP contribution in [-0.2, 0) is 11.8 Å².